The third-order valence-corrected chi connectivity index (χ3v) is 1.86. The maximum absolute atomic E-state index is 5.58. The van der Waals surface area contributed by atoms with E-state index in [9.17, 15) is 0 Å². The number of H-pyrrole nitrogens is 1. The van der Waals surface area contributed by atoms with E-state index < -0.39 is 0 Å². The Bertz CT molecular complexity index is 445. The van der Waals surface area contributed by atoms with E-state index in [1.807, 2.05) is 12.3 Å². The van der Waals surface area contributed by atoms with Crippen molar-refractivity contribution in [3.63, 3.8) is 0 Å². The lowest BCUT2D eigenvalue weighted by Gasteiger charge is -2.09. The van der Waals surface area contributed by atoms with Crippen LogP contribution >= 0.6 is 0 Å². The molecule has 74 valence electrons. The summed E-state index contributed by atoms with van der Waals surface area (Å²) in [6, 6.07) is 2.25. The zero-order valence-electron chi connectivity index (χ0n) is 8.20. The Kier molecular flexibility index (Phi) is 1.99. The highest BCUT2D eigenvalue weighted by Gasteiger charge is 2.07. The molecule has 0 aromatic carbocycles. The third-order valence-electron chi connectivity index (χ3n) is 1.86. The molecule has 0 saturated carbocycles. The Morgan fingerprint density at radius 2 is 2.21 bits per heavy atom. The first-order valence-corrected chi connectivity index (χ1v) is 4.54. The highest BCUT2D eigenvalue weighted by molar-refractivity contribution is 5.87. The van der Waals surface area contributed by atoms with Gasteiger partial charge in [-0.25, -0.2) is 0 Å². The zero-order chi connectivity index (χ0) is 10.1. The predicted molar refractivity (Wildman–Crippen MR) is 57.1 cm³/mol. The van der Waals surface area contributed by atoms with Crippen molar-refractivity contribution in [1.82, 2.24) is 15.0 Å². The average molecular weight is 191 g/mol. The topological polar surface area (TPSA) is 79.6 Å². The number of nitrogens with two attached hydrogens (primary N) is 1. The van der Waals surface area contributed by atoms with Crippen LogP contribution in [-0.2, 0) is 0 Å². The summed E-state index contributed by atoms with van der Waals surface area (Å²) in [4.78, 5) is 11.2. The van der Waals surface area contributed by atoms with Crippen LogP contribution in [0.2, 0.25) is 0 Å². The highest BCUT2D eigenvalue weighted by Crippen LogP contribution is 2.20. The number of hydrogen-bond acceptors (Lipinski definition) is 4. The van der Waals surface area contributed by atoms with Crippen molar-refractivity contribution in [3.8, 4) is 0 Å². The minimum Gasteiger partial charge on any atom is -0.368 e. The van der Waals surface area contributed by atoms with E-state index in [1.54, 1.807) is 0 Å². The fraction of sp³-hybridized carbons (Fsp3) is 0.333. The molecule has 2 rings (SSSR count). The third kappa shape index (κ3) is 1.48. The summed E-state index contributed by atoms with van der Waals surface area (Å²) in [5, 5.41) is 4.19. The minimum atomic E-state index is 0.281. The van der Waals surface area contributed by atoms with Gasteiger partial charge in [-0.2, -0.15) is 9.97 Å². The largest absolute Gasteiger partial charge is 0.368 e. The van der Waals surface area contributed by atoms with Crippen LogP contribution in [0.15, 0.2) is 12.3 Å². The van der Waals surface area contributed by atoms with Gasteiger partial charge in [-0.15, -0.1) is 0 Å². The van der Waals surface area contributed by atoms with Crippen molar-refractivity contribution < 1.29 is 0 Å². The Labute approximate surface area is 81.7 Å². The molecule has 0 radical (unpaired) electrons. The quantitative estimate of drug-likeness (QED) is 0.669. The molecule has 0 bridgehead atoms. The molecule has 0 aliphatic carbocycles. The number of fused-ring (bicyclic) bond motifs is 1. The smallest absolute Gasteiger partial charge is 0.223 e. The molecule has 0 fully saturated rings. The number of aromatic nitrogens is 3. The fourth-order valence-electron chi connectivity index (χ4n) is 1.34. The predicted octanol–water partition coefficient (Wildman–Crippen LogP) is 1.36. The lowest BCUT2D eigenvalue weighted by molar-refractivity contribution is 0.891. The molecule has 2 heterocycles. The van der Waals surface area contributed by atoms with Gasteiger partial charge in [0.1, 0.15) is 11.5 Å². The van der Waals surface area contributed by atoms with Crippen molar-refractivity contribution >= 4 is 22.8 Å². The monoisotopic (exact) mass is 191 g/mol. The maximum Gasteiger partial charge on any atom is 0.223 e. The summed E-state index contributed by atoms with van der Waals surface area (Å²) in [6.45, 7) is 4.10. The Hall–Kier alpha value is -1.78. The van der Waals surface area contributed by atoms with Gasteiger partial charge in [0, 0.05) is 12.2 Å². The first kappa shape index (κ1) is 8.80. The maximum atomic E-state index is 5.58. The summed E-state index contributed by atoms with van der Waals surface area (Å²) < 4.78 is 0. The van der Waals surface area contributed by atoms with Crippen molar-refractivity contribution in [3.05, 3.63) is 12.3 Å². The summed E-state index contributed by atoms with van der Waals surface area (Å²) >= 11 is 0. The molecule has 5 nitrogen and oxygen atoms in total. The number of hydrogen-bond donors (Lipinski definition) is 3. The minimum absolute atomic E-state index is 0.281. The first-order chi connectivity index (χ1) is 6.66. The van der Waals surface area contributed by atoms with Gasteiger partial charge in [-0.05, 0) is 19.9 Å². The van der Waals surface area contributed by atoms with Crippen molar-refractivity contribution in [2.24, 2.45) is 0 Å². The Balaban J connectivity index is 2.55. The van der Waals surface area contributed by atoms with Crippen LogP contribution in [0, 0.1) is 0 Å². The second-order valence-corrected chi connectivity index (χ2v) is 3.47. The van der Waals surface area contributed by atoms with Gasteiger partial charge in [0.05, 0.1) is 5.39 Å². The molecule has 5 heteroatoms. The van der Waals surface area contributed by atoms with Gasteiger partial charge in [-0.3, -0.25) is 0 Å². The fourth-order valence-corrected chi connectivity index (χ4v) is 1.34. The first-order valence-electron chi connectivity index (χ1n) is 4.54. The van der Waals surface area contributed by atoms with Crippen molar-refractivity contribution in [1.29, 1.82) is 0 Å². The second kappa shape index (κ2) is 3.17. The van der Waals surface area contributed by atoms with Crippen molar-refractivity contribution in [2.75, 3.05) is 11.1 Å². The van der Waals surface area contributed by atoms with Crippen LogP contribution in [0.25, 0.3) is 11.0 Å². The molecule has 0 unspecified atom stereocenters. The van der Waals surface area contributed by atoms with Gasteiger partial charge in [0.2, 0.25) is 5.95 Å². The number of anilines is 2. The van der Waals surface area contributed by atoms with Crippen LogP contribution in [0.5, 0.6) is 0 Å². The van der Waals surface area contributed by atoms with Crippen LogP contribution in [0.1, 0.15) is 13.8 Å². The molecule has 0 spiro atoms. The molecular formula is C9H13N5. The van der Waals surface area contributed by atoms with E-state index in [4.69, 9.17) is 5.73 Å². The number of rotatable bonds is 2. The van der Waals surface area contributed by atoms with Gasteiger partial charge >= 0.3 is 0 Å². The molecule has 14 heavy (non-hydrogen) atoms. The van der Waals surface area contributed by atoms with Crippen LogP contribution in [-0.4, -0.2) is 21.0 Å². The average Bonchev–Trinajstić information content (AvgIpc) is 2.50. The summed E-state index contributed by atoms with van der Waals surface area (Å²) in [6.07, 6.45) is 1.82. The lowest BCUT2D eigenvalue weighted by atomic mass is 10.3. The number of aromatic amines is 1. The van der Waals surface area contributed by atoms with Gasteiger partial charge in [-0.1, -0.05) is 0 Å². The summed E-state index contributed by atoms with van der Waals surface area (Å²) in [5.41, 5.74) is 6.34. The normalized spacial score (nSPS) is 11.1. The molecule has 0 saturated heterocycles. The molecule has 0 amide bonds. The zero-order valence-corrected chi connectivity index (χ0v) is 8.20. The summed E-state index contributed by atoms with van der Waals surface area (Å²) in [5.74, 6) is 1.06. The van der Waals surface area contributed by atoms with Crippen LogP contribution in [0.4, 0.5) is 11.8 Å². The van der Waals surface area contributed by atoms with Gasteiger partial charge in [0.25, 0.3) is 0 Å². The van der Waals surface area contributed by atoms with Crippen LogP contribution < -0.4 is 11.1 Å². The van der Waals surface area contributed by atoms with E-state index in [-0.39, 0.29) is 5.95 Å². The summed E-state index contributed by atoms with van der Waals surface area (Å²) in [7, 11) is 0. The highest BCUT2D eigenvalue weighted by atomic mass is 15.1. The van der Waals surface area contributed by atoms with E-state index in [0.29, 0.717) is 6.04 Å². The second-order valence-electron chi connectivity index (χ2n) is 3.47. The molecule has 0 atom stereocenters. The number of nitrogens with zero attached hydrogens (tertiary/aromatic N) is 2. The van der Waals surface area contributed by atoms with E-state index in [2.05, 4.69) is 34.1 Å². The van der Waals surface area contributed by atoms with Gasteiger partial charge in [0.15, 0.2) is 0 Å². The molecule has 2 aromatic rings. The van der Waals surface area contributed by atoms with Crippen molar-refractivity contribution in [2.45, 2.75) is 19.9 Å². The van der Waals surface area contributed by atoms with Crippen LogP contribution in [0.3, 0.4) is 0 Å². The Morgan fingerprint density at radius 1 is 1.43 bits per heavy atom. The van der Waals surface area contributed by atoms with Gasteiger partial charge < -0.3 is 16.0 Å². The molecule has 0 aliphatic rings. The molecule has 0 aliphatic heterocycles. The number of nitrogens with one attached hydrogen (secondary N) is 2. The SMILES string of the molecule is CC(C)Nc1nc(N)nc2[nH]ccc12. The Morgan fingerprint density at radius 3 is 2.93 bits per heavy atom. The molecule has 2 aromatic heterocycles. The standard InChI is InChI=1S/C9H13N5/c1-5(2)12-8-6-3-4-11-7(6)13-9(10)14-8/h3-5H,1-2H3,(H4,10,11,12,13,14). The lowest BCUT2D eigenvalue weighted by Crippen LogP contribution is -2.12. The number of nitrogen functional groups attached to an aromatic ring is 1. The van der Waals surface area contributed by atoms with E-state index in [1.165, 1.54) is 0 Å². The molecular weight excluding hydrogens is 178 g/mol. The van der Waals surface area contributed by atoms with E-state index in [0.717, 1.165) is 16.9 Å². The van der Waals surface area contributed by atoms with E-state index >= 15 is 0 Å². The molecule has 4 N–H and O–H groups in total.